The zero-order valence-electron chi connectivity index (χ0n) is 20.7. The number of aromatic nitrogens is 2. The molecule has 1 saturated heterocycles. The molecule has 11 heteroatoms. The fourth-order valence-corrected chi connectivity index (χ4v) is 5.42. The van der Waals surface area contributed by atoms with Crippen molar-refractivity contribution in [3.05, 3.63) is 70.9 Å². The highest BCUT2D eigenvalue weighted by Crippen LogP contribution is 2.34. The summed E-state index contributed by atoms with van der Waals surface area (Å²) in [4.78, 5) is 23.3. The molecule has 2 unspecified atom stereocenters. The molecule has 1 aliphatic heterocycles. The first-order valence-electron chi connectivity index (χ1n) is 12.1. The minimum absolute atomic E-state index is 0.00519. The molecule has 2 aromatic heterocycles. The number of amides is 1. The van der Waals surface area contributed by atoms with Crippen molar-refractivity contribution in [3.63, 3.8) is 0 Å². The summed E-state index contributed by atoms with van der Waals surface area (Å²) in [5, 5.41) is 3.94. The second kappa shape index (κ2) is 10.2. The molecule has 3 N–H and O–H groups in total. The monoisotopic (exact) mass is 541 g/mol. The van der Waals surface area contributed by atoms with E-state index >= 15 is 0 Å². The molecule has 38 heavy (non-hydrogen) atoms. The molecule has 0 saturated carbocycles. The lowest BCUT2D eigenvalue weighted by Crippen LogP contribution is -2.55. The third-order valence-electron chi connectivity index (χ3n) is 6.30. The Balaban J connectivity index is 1.29. The zero-order chi connectivity index (χ0) is 27.0. The normalized spacial score (nSPS) is 18.1. The van der Waals surface area contributed by atoms with Crippen LogP contribution in [-0.2, 0) is 12.8 Å². The number of halogens is 3. The number of hydrogen-bond donors (Lipinski definition) is 2. The summed E-state index contributed by atoms with van der Waals surface area (Å²) in [5.74, 6) is 0.513. The summed E-state index contributed by atoms with van der Waals surface area (Å²) < 4.78 is 45.5. The summed E-state index contributed by atoms with van der Waals surface area (Å²) >= 11 is 1.25. The van der Waals surface area contributed by atoms with Crippen LogP contribution in [0.15, 0.2) is 54.7 Å². The lowest BCUT2D eigenvalue weighted by atomic mass is 10.0. The van der Waals surface area contributed by atoms with Gasteiger partial charge in [-0.3, -0.25) is 4.79 Å². The van der Waals surface area contributed by atoms with Gasteiger partial charge in [0.15, 0.2) is 11.6 Å². The average Bonchev–Trinajstić information content (AvgIpc) is 3.29. The third kappa shape index (κ3) is 5.58. The Labute approximate surface area is 221 Å². The molecule has 0 radical (unpaired) electrons. The van der Waals surface area contributed by atoms with Crippen molar-refractivity contribution in [3.8, 4) is 16.9 Å². The van der Waals surface area contributed by atoms with E-state index in [1.165, 1.54) is 17.4 Å². The standard InChI is InChI=1S/C27H26F3N5O2S/c1-15-12-35(13-16(2)33-15)26(36)18-5-3-17(4-6-18)19-9-22(25(31)32-11-19)37-14-24-34-21-10-20(27(28,29)30)7-8-23(21)38-24/h3-11,15-16,33H,12-14H2,1-2H3,(H2,31,32). The smallest absolute Gasteiger partial charge is 0.416 e. The van der Waals surface area contributed by atoms with Crippen molar-refractivity contribution in [2.24, 2.45) is 0 Å². The van der Waals surface area contributed by atoms with Gasteiger partial charge in [0.2, 0.25) is 0 Å². The quantitative estimate of drug-likeness (QED) is 0.353. The summed E-state index contributed by atoms with van der Waals surface area (Å²) in [7, 11) is 0. The van der Waals surface area contributed by atoms with Crippen molar-refractivity contribution in [1.82, 2.24) is 20.2 Å². The second-order valence-electron chi connectivity index (χ2n) is 9.44. The minimum Gasteiger partial charge on any atom is -0.483 e. The van der Waals surface area contributed by atoms with Crippen LogP contribution in [-0.4, -0.2) is 45.9 Å². The van der Waals surface area contributed by atoms with Gasteiger partial charge >= 0.3 is 6.18 Å². The maximum absolute atomic E-state index is 13.0. The molecule has 3 heterocycles. The highest BCUT2D eigenvalue weighted by atomic mass is 32.1. The molecule has 198 valence electrons. The van der Waals surface area contributed by atoms with Crippen LogP contribution in [0.4, 0.5) is 19.0 Å². The second-order valence-corrected chi connectivity index (χ2v) is 10.6. The van der Waals surface area contributed by atoms with E-state index in [9.17, 15) is 18.0 Å². The van der Waals surface area contributed by atoms with Gasteiger partial charge in [-0.15, -0.1) is 11.3 Å². The summed E-state index contributed by atoms with van der Waals surface area (Å²) in [6.45, 7) is 5.48. The van der Waals surface area contributed by atoms with Crippen LogP contribution >= 0.6 is 11.3 Å². The van der Waals surface area contributed by atoms with Gasteiger partial charge in [0.1, 0.15) is 11.6 Å². The number of benzene rings is 2. The van der Waals surface area contributed by atoms with Crippen molar-refractivity contribution in [1.29, 1.82) is 0 Å². The van der Waals surface area contributed by atoms with Crippen LogP contribution in [0.25, 0.3) is 21.3 Å². The van der Waals surface area contributed by atoms with Crippen molar-refractivity contribution >= 4 is 33.3 Å². The number of nitrogens with one attached hydrogen (secondary N) is 1. The highest BCUT2D eigenvalue weighted by Gasteiger charge is 2.31. The Kier molecular flexibility index (Phi) is 6.97. The molecule has 5 rings (SSSR count). The Morgan fingerprint density at radius 3 is 2.50 bits per heavy atom. The number of nitrogen functional groups attached to an aromatic ring is 1. The number of alkyl halides is 3. The van der Waals surface area contributed by atoms with E-state index in [-0.39, 0.29) is 35.9 Å². The molecule has 1 aliphatic rings. The average molecular weight is 542 g/mol. The molecule has 0 bridgehead atoms. The molecule has 2 aromatic carbocycles. The van der Waals surface area contributed by atoms with Crippen molar-refractivity contribution in [2.75, 3.05) is 18.8 Å². The molecule has 4 aromatic rings. The first kappa shape index (κ1) is 25.9. The van der Waals surface area contributed by atoms with Crippen LogP contribution in [0.3, 0.4) is 0 Å². The highest BCUT2D eigenvalue weighted by molar-refractivity contribution is 7.18. The SMILES string of the molecule is CC1CN(C(=O)c2ccc(-c3cnc(N)c(OCc4nc5cc(C(F)(F)F)ccc5s4)c3)cc2)CC(C)N1. The van der Waals surface area contributed by atoms with Gasteiger partial charge < -0.3 is 20.7 Å². The summed E-state index contributed by atoms with van der Waals surface area (Å²) in [6.07, 6.45) is -2.81. The van der Waals surface area contributed by atoms with Gasteiger partial charge in [-0.25, -0.2) is 9.97 Å². The fraction of sp³-hybridized carbons (Fsp3) is 0.296. The lowest BCUT2D eigenvalue weighted by molar-refractivity contribution is -0.137. The predicted molar refractivity (Wildman–Crippen MR) is 141 cm³/mol. The molecular weight excluding hydrogens is 515 g/mol. The number of nitrogens with two attached hydrogens (primary N) is 1. The van der Waals surface area contributed by atoms with Gasteiger partial charge in [0.25, 0.3) is 5.91 Å². The first-order valence-corrected chi connectivity index (χ1v) is 12.9. The number of ether oxygens (including phenoxy) is 1. The van der Waals surface area contributed by atoms with Crippen LogP contribution in [0.5, 0.6) is 5.75 Å². The number of nitrogens with zero attached hydrogens (tertiary/aromatic N) is 3. The predicted octanol–water partition coefficient (Wildman–Crippen LogP) is 5.36. The number of pyridine rings is 1. The van der Waals surface area contributed by atoms with Gasteiger partial charge in [-0.05, 0) is 55.8 Å². The molecule has 1 amide bonds. The largest absolute Gasteiger partial charge is 0.483 e. The van der Waals surface area contributed by atoms with Crippen LogP contribution in [0.1, 0.15) is 34.8 Å². The maximum atomic E-state index is 13.0. The number of fused-ring (bicyclic) bond motifs is 1. The van der Waals surface area contributed by atoms with Gasteiger partial charge in [-0.1, -0.05) is 12.1 Å². The van der Waals surface area contributed by atoms with Crippen LogP contribution in [0.2, 0.25) is 0 Å². The zero-order valence-corrected chi connectivity index (χ0v) is 21.6. The van der Waals surface area contributed by atoms with Crippen LogP contribution < -0.4 is 15.8 Å². The number of piperazine rings is 1. The van der Waals surface area contributed by atoms with Crippen LogP contribution in [0, 0.1) is 0 Å². The Hall–Kier alpha value is -3.70. The number of carbonyl (C=O) groups is 1. The Morgan fingerprint density at radius 1 is 1.11 bits per heavy atom. The number of rotatable bonds is 5. The van der Waals surface area contributed by atoms with Gasteiger partial charge in [0, 0.05) is 42.5 Å². The van der Waals surface area contributed by atoms with E-state index in [1.54, 1.807) is 24.4 Å². The van der Waals surface area contributed by atoms with E-state index < -0.39 is 11.7 Å². The maximum Gasteiger partial charge on any atom is 0.416 e. The topological polar surface area (TPSA) is 93.4 Å². The number of thiazole rings is 1. The summed E-state index contributed by atoms with van der Waals surface area (Å²) in [5.41, 5.74) is 7.73. The van der Waals surface area contributed by atoms with Gasteiger partial charge in [-0.2, -0.15) is 13.2 Å². The van der Waals surface area contributed by atoms with E-state index in [2.05, 4.69) is 29.1 Å². The summed E-state index contributed by atoms with van der Waals surface area (Å²) in [6, 6.07) is 13.0. The minimum atomic E-state index is -4.43. The number of anilines is 1. The third-order valence-corrected chi connectivity index (χ3v) is 7.31. The number of hydrogen-bond acceptors (Lipinski definition) is 7. The van der Waals surface area contributed by atoms with E-state index in [1.807, 2.05) is 17.0 Å². The first-order chi connectivity index (χ1) is 18.1. The van der Waals surface area contributed by atoms with Gasteiger partial charge in [0.05, 0.1) is 15.8 Å². The molecule has 0 aliphatic carbocycles. The Morgan fingerprint density at radius 2 is 1.82 bits per heavy atom. The van der Waals surface area contributed by atoms with Crippen molar-refractivity contribution in [2.45, 2.75) is 38.7 Å². The fourth-order valence-electron chi connectivity index (χ4n) is 4.56. The van der Waals surface area contributed by atoms with Crippen molar-refractivity contribution < 1.29 is 22.7 Å². The molecular formula is C27H26F3N5O2S. The Bertz CT molecular complexity index is 1460. The lowest BCUT2D eigenvalue weighted by Gasteiger charge is -2.36. The molecule has 1 fully saturated rings. The van der Waals surface area contributed by atoms with E-state index in [4.69, 9.17) is 10.5 Å². The van der Waals surface area contributed by atoms with E-state index in [0.29, 0.717) is 34.1 Å². The number of carbonyl (C=O) groups excluding carboxylic acids is 1. The molecule has 0 spiro atoms. The molecule has 2 atom stereocenters. The van der Waals surface area contributed by atoms with E-state index in [0.717, 1.165) is 23.3 Å². The molecule has 7 nitrogen and oxygen atoms in total.